The highest BCUT2D eigenvalue weighted by Crippen LogP contribution is 2.44. The van der Waals surface area contributed by atoms with E-state index in [0.29, 0.717) is 0 Å². The van der Waals surface area contributed by atoms with Gasteiger partial charge < -0.3 is 18.6 Å². The van der Waals surface area contributed by atoms with Gasteiger partial charge in [0.15, 0.2) is 0 Å². The van der Waals surface area contributed by atoms with E-state index in [2.05, 4.69) is 277 Å². The normalized spacial score (nSPS) is 11.6. The Balaban J connectivity index is 0.843. The molecule has 338 valence electrons. The van der Waals surface area contributed by atoms with Crippen molar-refractivity contribution in [1.29, 1.82) is 0 Å². The minimum absolute atomic E-state index is 0.871. The maximum absolute atomic E-state index is 6.45. The molecule has 4 heteroatoms. The number of anilines is 6. The quantitative estimate of drug-likeness (QED) is 0.144. The summed E-state index contributed by atoms with van der Waals surface area (Å²) in [4.78, 5) is 4.68. The third-order valence-electron chi connectivity index (χ3n) is 14.3. The van der Waals surface area contributed by atoms with E-state index in [-0.39, 0.29) is 0 Å². The molecule has 0 radical (unpaired) electrons. The molecular weight excluding hydrogens is 877 g/mol. The lowest BCUT2D eigenvalue weighted by Crippen LogP contribution is -2.10. The SMILES string of the molecule is c1ccc(-c2ccc(N(c3ccc(-c4ccc(N(c5ccc(-c6ccccc6)cc5)c5ccc6oc7ccc8ccccc8c7c6c5)cc4)cc3)c3ccc4oc5ccc6ccccc6c5c4c3)cc2)cc1. The van der Waals surface area contributed by atoms with E-state index in [1.54, 1.807) is 0 Å². The van der Waals surface area contributed by atoms with Gasteiger partial charge in [-0.25, -0.2) is 0 Å². The van der Waals surface area contributed by atoms with Crippen LogP contribution < -0.4 is 9.80 Å². The van der Waals surface area contributed by atoms with Gasteiger partial charge in [-0.15, -0.1) is 0 Å². The van der Waals surface area contributed by atoms with Crippen LogP contribution in [0.3, 0.4) is 0 Å². The van der Waals surface area contributed by atoms with E-state index in [4.69, 9.17) is 8.83 Å². The molecule has 12 aromatic carbocycles. The first-order valence-electron chi connectivity index (χ1n) is 24.5. The molecule has 0 saturated carbocycles. The van der Waals surface area contributed by atoms with Crippen LogP contribution in [0.5, 0.6) is 0 Å². The summed E-state index contributed by atoms with van der Waals surface area (Å²) >= 11 is 0. The summed E-state index contributed by atoms with van der Waals surface area (Å²) in [7, 11) is 0. The van der Waals surface area contributed by atoms with Crippen LogP contribution in [0.4, 0.5) is 34.1 Å². The van der Waals surface area contributed by atoms with Crippen molar-refractivity contribution in [2.24, 2.45) is 0 Å². The Morgan fingerprint density at radius 1 is 0.208 bits per heavy atom. The van der Waals surface area contributed by atoms with E-state index >= 15 is 0 Å². The molecule has 14 aromatic rings. The Bertz CT molecular complexity index is 4010. The number of rotatable bonds is 9. The number of benzene rings is 12. The maximum atomic E-state index is 6.45. The minimum atomic E-state index is 0.871. The number of nitrogens with zero attached hydrogens (tertiary/aromatic N) is 2. The molecule has 4 nitrogen and oxygen atoms in total. The summed E-state index contributed by atoms with van der Waals surface area (Å²) in [6, 6.07) is 95.4. The Hall–Kier alpha value is -9.64. The number of hydrogen-bond acceptors (Lipinski definition) is 4. The molecule has 0 bridgehead atoms. The molecule has 0 saturated heterocycles. The van der Waals surface area contributed by atoms with E-state index in [9.17, 15) is 0 Å². The molecule has 72 heavy (non-hydrogen) atoms. The Kier molecular flexibility index (Phi) is 9.82. The standard InChI is InChI=1S/C68H44N2O2/c1-3-11-45(12-4-1)47-19-29-53(30-20-47)69(57-37-41-63-61(43-57)67-59-17-9-7-15-51(59)27-39-65(67)71-63)55-33-23-49(24-34-55)50-25-35-56(36-26-50)70(54-31-21-48(22-32-54)46-13-5-2-6-14-46)58-38-42-64-62(44-58)68-60-18-10-8-16-52(60)28-40-66(68)72-64/h1-44H. The van der Waals surface area contributed by atoms with Crippen LogP contribution in [0, 0.1) is 0 Å². The van der Waals surface area contributed by atoms with Crippen LogP contribution in [0.25, 0.3) is 98.8 Å². The summed E-state index contributed by atoms with van der Waals surface area (Å²) in [6.07, 6.45) is 0. The fourth-order valence-electron chi connectivity index (χ4n) is 10.7. The predicted octanol–water partition coefficient (Wildman–Crippen LogP) is 19.7. The molecule has 0 aliphatic rings. The van der Waals surface area contributed by atoms with Gasteiger partial charge in [0, 0.05) is 55.7 Å². The fourth-order valence-corrected chi connectivity index (χ4v) is 10.7. The van der Waals surface area contributed by atoms with E-state index in [1.165, 1.54) is 43.8 Å². The third kappa shape index (κ3) is 7.16. The summed E-state index contributed by atoms with van der Waals surface area (Å²) in [5, 5.41) is 9.21. The topological polar surface area (TPSA) is 32.8 Å². The van der Waals surface area contributed by atoms with Crippen molar-refractivity contribution >= 4 is 99.5 Å². The van der Waals surface area contributed by atoms with Crippen molar-refractivity contribution in [2.75, 3.05) is 9.80 Å². The van der Waals surface area contributed by atoms with Gasteiger partial charge in [-0.3, -0.25) is 0 Å². The lowest BCUT2D eigenvalue weighted by molar-refractivity contribution is 0.669. The van der Waals surface area contributed by atoms with Crippen molar-refractivity contribution in [2.45, 2.75) is 0 Å². The fraction of sp³-hybridized carbons (Fsp3) is 0. The average molecular weight is 921 g/mol. The van der Waals surface area contributed by atoms with Gasteiger partial charge in [0.2, 0.25) is 0 Å². The summed E-state index contributed by atoms with van der Waals surface area (Å²) in [5.74, 6) is 0. The van der Waals surface area contributed by atoms with Crippen LogP contribution in [-0.4, -0.2) is 0 Å². The molecule has 2 aromatic heterocycles. The smallest absolute Gasteiger partial charge is 0.136 e. The van der Waals surface area contributed by atoms with Gasteiger partial charge in [-0.1, -0.05) is 170 Å². The first-order valence-corrected chi connectivity index (χ1v) is 24.5. The first kappa shape index (κ1) is 41.3. The van der Waals surface area contributed by atoms with Gasteiger partial charge >= 0.3 is 0 Å². The Morgan fingerprint density at radius 2 is 0.500 bits per heavy atom. The molecule has 0 unspecified atom stereocenters. The van der Waals surface area contributed by atoms with Gasteiger partial charge in [0.25, 0.3) is 0 Å². The second-order valence-electron chi connectivity index (χ2n) is 18.5. The van der Waals surface area contributed by atoms with E-state index < -0.39 is 0 Å². The van der Waals surface area contributed by atoms with Crippen LogP contribution in [-0.2, 0) is 0 Å². The monoisotopic (exact) mass is 920 g/mol. The van der Waals surface area contributed by atoms with Crippen LogP contribution in [0.1, 0.15) is 0 Å². The van der Waals surface area contributed by atoms with Crippen molar-refractivity contribution < 1.29 is 8.83 Å². The highest BCUT2D eigenvalue weighted by Gasteiger charge is 2.20. The molecule has 2 heterocycles. The third-order valence-corrected chi connectivity index (χ3v) is 14.3. The number of hydrogen-bond donors (Lipinski definition) is 0. The molecule has 0 aliphatic carbocycles. The summed E-state index contributed by atoms with van der Waals surface area (Å²) < 4.78 is 12.9. The van der Waals surface area contributed by atoms with Crippen molar-refractivity contribution in [1.82, 2.24) is 0 Å². The lowest BCUT2D eigenvalue weighted by atomic mass is 10.0. The highest BCUT2D eigenvalue weighted by molar-refractivity contribution is 6.20. The van der Waals surface area contributed by atoms with E-state index in [1.807, 2.05) is 0 Å². The van der Waals surface area contributed by atoms with Crippen molar-refractivity contribution in [3.63, 3.8) is 0 Å². The molecular formula is C68H44N2O2. The number of furan rings is 2. The van der Waals surface area contributed by atoms with Crippen molar-refractivity contribution in [3.05, 3.63) is 267 Å². The molecule has 0 atom stereocenters. The Morgan fingerprint density at radius 3 is 0.861 bits per heavy atom. The maximum Gasteiger partial charge on any atom is 0.136 e. The van der Waals surface area contributed by atoms with Gasteiger partial charge in [0.05, 0.1) is 0 Å². The predicted molar refractivity (Wildman–Crippen MR) is 302 cm³/mol. The highest BCUT2D eigenvalue weighted by atomic mass is 16.3. The second-order valence-corrected chi connectivity index (χ2v) is 18.5. The second kappa shape index (κ2) is 17.1. The van der Waals surface area contributed by atoms with Crippen LogP contribution >= 0.6 is 0 Å². The zero-order valence-corrected chi connectivity index (χ0v) is 39.1. The zero-order chi connectivity index (χ0) is 47.5. The lowest BCUT2D eigenvalue weighted by Gasteiger charge is -2.26. The van der Waals surface area contributed by atoms with Gasteiger partial charge in [-0.2, -0.15) is 0 Å². The van der Waals surface area contributed by atoms with E-state index in [0.717, 1.165) is 89.1 Å². The molecule has 0 amide bonds. The van der Waals surface area contributed by atoms with Crippen LogP contribution in [0.15, 0.2) is 276 Å². The molecule has 14 rings (SSSR count). The average Bonchev–Trinajstić information content (AvgIpc) is 4.03. The number of fused-ring (bicyclic) bond motifs is 10. The minimum Gasteiger partial charge on any atom is -0.456 e. The first-order chi connectivity index (χ1) is 35.7. The molecule has 0 spiro atoms. The zero-order valence-electron chi connectivity index (χ0n) is 39.1. The summed E-state index contributed by atoms with van der Waals surface area (Å²) in [6.45, 7) is 0. The summed E-state index contributed by atoms with van der Waals surface area (Å²) in [5.41, 5.74) is 16.8. The van der Waals surface area contributed by atoms with Crippen molar-refractivity contribution in [3.8, 4) is 33.4 Å². The Labute approximate surface area is 416 Å². The molecule has 0 aliphatic heterocycles. The van der Waals surface area contributed by atoms with Crippen LogP contribution in [0.2, 0.25) is 0 Å². The molecule has 0 N–H and O–H groups in total. The molecule has 0 fully saturated rings. The van der Waals surface area contributed by atoms with Gasteiger partial charge in [-0.05, 0) is 152 Å². The van der Waals surface area contributed by atoms with Gasteiger partial charge in [0.1, 0.15) is 22.3 Å². The largest absolute Gasteiger partial charge is 0.456 e.